The Hall–Kier alpha value is -3.34. The predicted molar refractivity (Wildman–Crippen MR) is 98.3 cm³/mol. The Labute approximate surface area is 168 Å². The van der Waals surface area contributed by atoms with Crippen LogP contribution < -0.4 is 5.32 Å². The van der Waals surface area contributed by atoms with Gasteiger partial charge in [0.25, 0.3) is 5.91 Å². The van der Waals surface area contributed by atoms with Gasteiger partial charge in [0.05, 0.1) is 23.6 Å². The van der Waals surface area contributed by atoms with Gasteiger partial charge in [-0.15, -0.1) is 0 Å². The number of rotatable bonds is 5. The van der Waals surface area contributed by atoms with E-state index in [0.717, 1.165) is 17.7 Å². The second-order valence-electron chi connectivity index (χ2n) is 6.63. The molecular formula is C19H17F4N5O2. The number of amides is 1. The van der Waals surface area contributed by atoms with Gasteiger partial charge in [0, 0.05) is 17.8 Å². The van der Waals surface area contributed by atoms with Crippen molar-refractivity contribution in [2.24, 2.45) is 0 Å². The minimum Gasteiger partial charge on any atom is -0.394 e. The van der Waals surface area contributed by atoms with Gasteiger partial charge in [-0.25, -0.2) is 14.1 Å². The van der Waals surface area contributed by atoms with Crippen LogP contribution >= 0.6 is 0 Å². The molecule has 0 aliphatic rings. The van der Waals surface area contributed by atoms with Crippen LogP contribution in [0.2, 0.25) is 0 Å². The lowest BCUT2D eigenvalue weighted by Gasteiger charge is -2.16. The summed E-state index contributed by atoms with van der Waals surface area (Å²) in [5.74, 6) is -3.20. The molecule has 7 nitrogen and oxygen atoms in total. The molecule has 0 bridgehead atoms. The minimum atomic E-state index is -4.82. The second kappa shape index (κ2) is 8.19. The molecule has 2 heterocycles. The van der Waals surface area contributed by atoms with Crippen LogP contribution in [0.4, 0.5) is 17.6 Å². The first-order valence-electron chi connectivity index (χ1n) is 8.77. The number of hydrogen-bond donors (Lipinski definition) is 2. The number of nitrogens with zero attached hydrogens (tertiary/aromatic N) is 4. The number of aliphatic hydroxyl groups excluding tert-OH is 1. The number of halogens is 4. The fourth-order valence-electron chi connectivity index (χ4n) is 2.68. The van der Waals surface area contributed by atoms with E-state index in [-0.39, 0.29) is 16.9 Å². The number of benzene rings is 1. The summed E-state index contributed by atoms with van der Waals surface area (Å²) in [5.41, 5.74) is -0.00862. The summed E-state index contributed by atoms with van der Waals surface area (Å²) in [6.07, 6.45) is -2.64. The van der Waals surface area contributed by atoms with Gasteiger partial charge in [-0.2, -0.15) is 18.3 Å². The summed E-state index contributed by atoms with van der Waals surface area (Å²) in [5, 5.41) is 15.1. The Morgan fingerprint density at radius 1 is 1.27 bits per heavy atom. The number of aryl methyl sites for hydroxylation is 1. The largest absolute Gasteiger partial charge is 0.451 e. The van der Waals surface area contributed by atoms with Crippen molar-refractivity contribution in [2.45, 2.75) is 26.1 Å². The number of carbonyl (C=O) groups is 1. The molecule has 158 valence electrons. The zero-order valence-corrected chi connectivity index (χ0v) is 15.9. The van der Waals surface area contributed by atoms with Crippen LogP contribution in [-0.4, -0.2) is 43.4 Å². The van der Waals surface area contributed by atoms with Crippen molar-refractivity contribution in [1.29, 1.82) is 0 Å². The molecule has 1 atom stereocenters. The minimum absolute atomic E-state index is 0.123. The normalized spacial score (nSPS) is 12.6. The molecule has 0 spiro atoms. The lowest BCUT2D eigenvalue weighted by molar-refractivity contribution is -0.146. The van der Waals surface area contributed by atoms with Crippen LogP contribution in [0, 0.1) is 12.7 Å². The standard InChI is InChI=1S/C19H17F4N5O2/c1-10-3-4-15(24-7-10)13-5-12(28-18(19(21,22)23)25-9-26-28)6-14(16(13)20)17(30)27-11(2)8-29/h3-7,9,11,29H,8H2,1-2H3,(H,27,30)/t11-/m0/s1. The van der Waals surface area contributed by atoms with E-state index in [9.17, 15) is 18.0 Å². The zero-order chi connectivity index (χ0) is 22.1. The Morgan fingerprint density at radius 2 is 2.00 bits per heavy atom. The SMILES string of the molecule is Cc1ccc(-c2cc(-n3ncnc3C(F)(F)F)cc(C(=O)N[C@@H](C)CO)c2F)nc1. The average molecular weight is 423 g/mol. The summed E-state index contributed by atoms with van der Waals surface area (Å²) < 4.78 is 55.5. The molecule has 3 rings (SSSR count). The van der Waals surface area contributed by atoms with E-state index in [0.29, 0.717) is 11.0 Å². The van der Waals surface area contributed by atoms with Gasteiger partial charge in [0.1, 0.15) is 12.1 Å². The molecule has 0 unspecified atom stereocenters. The van der Waals surface area contributed by atoms with Crippen LogP contribution in [0.1, 0.15) is 28.7 Å². The summed E-state index contributed by atoms with van der Waals surface area (Å²) in [6.45, 7) is 2.85. The number of hydrogen-bond acceptors (Lipinski definition) is 5. The molecule has 1 amide bonds. The highest BCUT2D eigenvalue weighted by Crippen LogP contribution is 2.32. The van der Waals surface area contributed by atoms with Crippen LogP contribution in [-0.2, 0) is 6.18 Å². The van der Waals surface area contributed by atoms with Gasteiger partial charge in [0.15, 0.2) is 0 Å². The van der Waals surface area contributed by atoms with Crippen molar-refractivity contribution in [1.82, 2.24) is 25.1 Å². The Morgan fingerprint density at radius 3 is 2.60 bits per heavy atom. The van der Waals surface area contributed by atoms with Gasteiger partial charge >= 0.3 is 6.18 Å². The number of aliphatic hydroxyl groups is 1. The lowest BCUT2D eigenvalue weighted by atomic mass is 10.0. The molecule has 2 aromatic heterocycles. The Kier molecular flexibility index (Phi) is 5.83. The molecule has 0 saturated heterocycles. The maximum absolute atomic E-state index is 15.2. The van der Waals surface area contributed by atoms with Crippen molar-refractivity contribution in [3.63, 3.8) is 0 Å². The molecule has 0 aliphatic carbocycles. The monoisotopic (exact) mass is 423 g/mol. The van der Waals surface area contributed by atoms with Crippen LogP contribution in [0.25, 0.3) is 16.9 Å². The van der Waals surface area contributed by atoms with Crippen molar-refractivity contribution in [3.8, 4) is 16.9 Å². The average Bonchev–Trinajstić information content (AvgIpc) is 3.19. The molecule has 2 N–H and O–H groups in total. The third kappa shape index (κ3) is 4.30. The van der Waals surface area contributed by atoms with E-state index in [4.69, 9.17) is 5.11 Å². The number of alkyl halides is 3. The van der Waals surface area contributed by atoms with Gasteiger partial charge in [0.2, 0.25) is 5.82 Å². The summed E-state index contributed by atoms with van der Waals surface area (Å²) in [4.78, 5) is 19.8. The van der Waals surface area contributed by atoms with E-state index < -0.39 is 41.9 Å². The fourth-order valence-corrected chi connectivity index (χ4v) is 2.68. The third-order valence-electron chi connectivity index (χ3n) is 4.19. The quantitative estimate of drug-likeness (QED) is 0.616. The number of nitrogens with one attached hydrogen (secondary N) is 1. The van der Waals surface area contributed by atoms with Crippen molar-refractivity contribution in [2.75, 3.05) is 6.61 Å². The maximum Gasteiger partial charge on any atom is 0.451 e. The molecule has 30 heavy (non-hydrogen) atoms. The van der Waals surface area contributed by atoms with Gasteiger partial charge in [-0.05, 0) is 37.6 Å². The lowest BCUT2D eigenvalue weighted by Crippen LogP contribution is -2.35. The van der Waals surface area contributed by atoms with Crippen molar-refractivity contribution < 1.29 is 27.5 Å². The first kappa shape index (κ1) is 21.4. The summed E-state index contributed by atoms with van der Waals surface area (Å²) in [6, 6.07) is 4.50. The molecule has 0 fully saturated rings. The highest BCUT2D eigenvalue weighted by atomic mass is 19.4. The smallest absolute Gasteiger partial charge is 0.394 e. The number of carbonyl (C=O) groups excluding carboxylic acids is 1. The molecule has 0 saturated carbocycles. The van der Waals surface area contributed by atoms with Crippen molar-refractivity contribution in [3.05, 3.63) is 59.6 Å². The van der Waals surface area contributed by atoms with Crippen LogP contribution in [0.5, 0.6) is 0 Å². The van der Waals surface area contributed by atoms with Gasteiger partial charge in [-0.3, -0.25) is 9.78 Å². The Bertz CT molecular complexity index is 1060. The van der Waals surface area contributed by atoms with Gasteiger partial charge in [-0.1, -0.05) is 6.07 Å². The van der Waals surface area contributed by atoms with Crippen LogP contribution in [0.3, 0.4) is 0 Å². The summed E-state index contributed by atoms with van der Waals surface area (Å²) >= 11 is 0. The molecule has 1 aromatic carbocycles. The highest BCUT2D eigenvalue weighted by Gasteiger charge is 2.37. The second-order valence-corrected chi connectivity index (χ2v) is 6.63. The fraction of sp³-hybridized carbons (Fsp3) is 0.263. The van der Waals surface area contributed by atoms with E-state index in [1.807, 2.05) is 0 Å². The topological polar surface area (TPSA) is 92.9 Å². The summed E-state index contributed by atoms with van der Waals surface area (Å²) in [7, 11) is 0. The van der Waals surface area contributed by atoms with Crippen molar-refractivity contribution >= 4 is 5.91 Å². The van der Waals surface area contributed by atoms with E-state index in [1.165, 1.54) is 19.2 Å². The number of pyridine rings is 1. The van der Waals surface area contributed by atoms with E-state index in [1.54, 1.807) is 13.0 Å². The molecule has 11 heteroatoms. The third-order valence-corrected chi connectivity index (χ3v) is 4.19. The first-order valence-corrected chi connectivity index (χ1v) is 8.77. The van der Waals surface area contributed by atoms with Gasteiger partial charge < -0.3 is 10.4 Å². The van der Waals surface area contributed by atoms with Crippen LogP contribution in [0.15, 0.2) is 36.8 Å². The maximum atomic E-state index is 15.2. The van der Waals surface area contributed by atoms with E-state index in [2.05, 4.69) is 20.4 Å². The Balaban J connectivity index is 2.22. The highest BCUT2D eigenvalue weighted by molar-refractivity contribution is 5.96. The van der Waals surface area contributed by atoms with E-state index >= 15 is 4.39 Å². The first-order chi connectivity index (χ1) is 14.1. The molecule has 3 aromatic rings. The number of aromatic nitrogens is 4. The zero-order valence-electron chi connectivity index (χ0n) is 15.9. The molecular weight excluding hydrogens is 406 g/mol. The predicted octanol–water partition coefficient (Wildman–Crippen LogP) is 2.91. The molecule has 0 radical (unpaired) electrons. The molecule has 0 aliphatic heterocycles.